The van der Waals surface area contributed by atoms with Crippen LogP contribution in [0.1, 0.15) is 116 Å². The summed E-state index contributed by atoms with van der Waals surface area (Å²) in [7, 11) is 2.17. The second-order valence-electron chi connectivity index (χ2n) is 10.0. The molecule has 0 spiro atoms. The van der Waals surface area contributed by atoms with Crippen LogP contribution in [0.4, 0.5) is 0 Å². The van der Waals surface area contributed by atoms with Crippen molar-refractivity contribution in [3.8, 4) is 5.88 Å². The number of nitrogens with zero attached hydrogens (tertiary/aromatic N) is 3. The van der Waals surface area contributed by atoms with Crippen molar-refractivity contribution >= 4 is 23.3 Å². The fourth-order valence-electron chi connectivity index (χ4n) is 4.50. The number of carbonyl (C=O) groups excluding carboxylic acids is 1. The Morgan fingerprint density at radius 3 is 2.35 bits per heavy atom. The summed E-state index contributed by atoms with van der Waals surface area (Å²) in [4.78, 5) is 12.5. The van der Waals surface area contributed by atoms with Crippen LogP contribution in [0.3, 0.4) is 0 Å². The van der Waals surface area contributed by atoms with E-state index < -0.39 is 0 Å². The van der Waals surface area contributed by atoms with Gasteiger partial charge in [-0.2, -0.15) is 4.37 Å². The lowest BCUT2D eigenvalue weighted by Crippen LogP contribution is -2.55. The maximum absolute atomic E-state index is 12.5. The first kappa shape index (κ1) is 28.8. The standard InChI is InChI=1S/C27H48N3O3S/c1-5-7-9-11-12-13-14-15-19-25(31)33-23(3)30(4)20-17-18-24(22-30)26-27(29-34-28-26)32-21-16-10-8-6-2/h18,23H,5-17,19-22H2,1-4H3/q+1/t23-,30?/m0/s1. The van der Waals surface area contributed by atoms with E-state index in [0.717, 1.165) is 50.0 Å². The summed E-state index contributed by atoms with van der Waals surface area (Å²) >= 11 is 1.21. The van der Waals surface area contributed by atoms with Crippen molar-refractivity contribution in [2.45, 2.75) is 117 Å². The first-order valence-electron chi connectivity index (χ1n) is 13.7. The molecule has 2 rings (SSSR count). The second-order valence-corrected chi connectivity index (χ2v) is 10.5. The minimum atomic E-state index is -0.185. The predicted octanol–water partition coefficient (Wildman–Crippen LogP) is 7.15. The van der Waals surface area contributed by atoms with Crippen LogP contribution in [-0.4, -0.2) is 52.2 Å². The molecule has 7 heteroatoms. The average Bonchev–Trinajstić information content (AvgIpc) is 3.29. The quantitative estimate of drug-likeness (QED) is 0.123. The molecule has 194 valence electrons. The summed E-state index contributed by atoms with van der Waals surface area (Å²) < 4.78 is 21.5. The number of ether oxygens (including phenoxy) is 2. The van der Waals surface area contributed by atoms with Crippen molar-refractivity contribution in [1.29, 1.82) is 0 Å². The number of aromatic nitrogens is 2. The van der Waals surface area contributed by atoms with Crippen LogP contribution in [0, 0.1) is 0 Å². The van der Waals surface area contributed by atoms with Crippen molar-refractivity contribution < 1.29 is 18.8 Å². The third kappa shape index (κ3) is 10.0. The van der Waals surface area contributed by atoms with Crippen LogP contribution >= 0.6 is 11.7 Å². The first-order chi connectivity index (χ1) is 16.5. The van der Waals surface area contributed by atoms with Gasteiger partial charge in [0.15, 0.2) is 0 Å². The first-order valence-corrected chi connectivity index (χ1v) is 14.4. The zero-order chi connectivity index (χ0) is 24.7. The maximum Gasteiger partial charge on any atom is 0.310 e. The molecule has 6 nitrogen and oxygen atoms in total. The van der Waals surface area contributed by atoms with Gasteiger partial charge in [0.25, 0.3) is 5.88 Å². The Balaban J connectivity index is 1.76. The van der Waals surface area contributed by atoms with Crippen LogP contribution in [0.25, 0.3) is 5.57 Å². The number of rotatable bonds is 18. The Morgan fingerprint density at radius 2 is 1.65 bits per heavy atom. The number of hydrogen-bond donors (Lipinski definition) is 0. The largest absolute Gasteiger partial charge is 0.475 e. The third-order valence-corrected chi connectivity index (χ3v) is 7.49. The smallest absolute Gasteiger partial charge is 0.310 e. The van der Waals surface area contributed by atoms with E-state index in [1.807, 2.05) is 6.92 Å². The summed E-state index contributed by atoms with van der Waals surface area (Å²) in [6.45, 7) is 8.88. The Morgan fingerprint density at radius 1 is 1.00 bits per heavy atom. The van der Waals surface area contributed by atoms with E-state index in [0.29, 0.717) is 23.4 Å². The Labute approximate surface area is 212 Å². The molecule has 1 unspecified atom stereocenters. The average molecular weight is 495 g/mol. The lowest BCUT2D eigenvalue weighted by atomic mass is 10.0. The van der Waals surface area contributed by atoms with Gasteiger partial charge < -0.3 is 9.47 Å². The fraction of sp³-hybridized carbons (Fsp3) is 0.815. The molecule has 0 aliphatic carbocycles. The number of hydrogen-bond acceptors (Lipinski definition) is 6. The zero-order valence-electron chi connectivity index (χ0n) is 22.2. The molecule has 0 N–H and O–H groups in total. The van der Waals surface area contributed by atoms with Crippen LogP contribution in [0.15, 0.2) is 6.08 Å². The van der Waals surface area contributed by atoms with E-state index in [1.54, 1.807) is 0 Å². The van der Waals surface area contributed by atoms with Crippen molar-refractivity contribution in [1.82, 2.24) is 8.75 Å². The van der Waals surface area contributed by atoms with Gasteiger partial charge in [-0.3, -0.25) is 9.28 Å². The Hall–Kier alpha value is -1.47. The number of quaternary nitrogens is 1. The topological polar surface area (TPSA) is 61.3 Å². The lowest BCUT2D eigenvalue weighted by molar-refractivity contribution is -0.944. The summed E-state index contributed by atoms with van der Waals surface area (Å²) in [5.41, 5.74) is 2.01. The van der Waals surface area contributed by atoms with Gasteiger partial charge in [-0.25, -0.2) is 0 Å². The van der Waals surface area contributed by atoms with Gasteiger partial charge in [0.1, 0.15) is 12.2 Å². The highest BCUT2D eigenvalue weighted by atomic mass is 32.1. The summed E-state index contributed by atoms with van der Waals surface area (Å²) in [5.74, 6) is 0.584. The van der Waals surface area contributed by atoms with Gasteiger partial charge in [0.2, 0.25) is 6.23 Å². The van der Waals surface area contributed by atoms with Crippen molar-refractivity contribution in [3.05, 3.63) is 11.8 Å². The van der Waals surface area contributed by atoms with Crippen molar-refractivity contribution in [2.24, 2.45) is 0 Å². The van der Waals surface area contributed by atoms with Gasteiger partial charge in [0.05, 0.1) is 31.9 Å². The summed E-state index contributed by atoms with van der Waals surface area (Å²) in [6, 6.07) is 0. The van der Waals surface area contributed by atoms with Gasteiger partial charge >= 0.3 is 5.97 Å². The van der Waals surface area contributed by atoms with Gasteiger partial charge in [-0.1, -0.05) is 84.1 Å². The molecule has 0 radical (unpaired) electrons. The minimum absolute atomic E-state index is 0.0691. The fourth-order valence-corrected chi connectivity index (χ4v) is 5.03. The van der Waals surface area contributed by atoms with E-state index in [2.05, 4.69) is 35.7 Å². The van der Waals surface area contributed by atoms with Gasteiger partial charge in [0, 0.05) is 25.3 Å². The van der Waals surface area contributed by atoms with Crippen LogP contribution in [-0.2, 0) is 9.53 Å². The second kappa shape index (κ2) is 16.2. The highest BCUT2D eigenvalue weighted by Crippen LogP contribution is 2.31. The molecule has 34 heavy (non-hydrogen) atoms. The van der Waals surface area contributed by atoms with E-state index in [9.17, 15) is 4.79 Å². The Kier molecular flexibility index (Phi) is 13.7. The van der Waals surface area contributed by atoms with E-state index >= 15 is 0 Å². The van der Waals surface area contributed by atoms with Gasteiger partial charge in [-0.05, 0) is 12.8 Å². The summed E-state index contributed by atoms with van der Waals surface area (Å²) in [6.07, 6.45) is 18.0. The number of unbranched alkanes of at least 4 members (excludes halogenated alkanes) is 10. The van der Waals surface area contributed by atoms with Crippen LogP contribution in [0.2, 0.25) is 0 Å². The van der Waals surface area contributed by atoms with Crippen molar-refractivity contribution in [3.63, 3.8) is 0 Å². The number of likely N-dealkylation sites (N-methyl/N-ethyl adjacent to an activating group) is 1. The number of carbonyl (C=O) groups is 1. The van der Waals surface area contributed by atoms with Gasteiger partial charge in [-0.15, -0.1) is 4.37 Å². The van der Waals surface area contributed by atoms with Crippen LogP contribution in [0.5, 0.6) is 5.88 Å². The van der Waals surface area contributed by atoms with Crippen LogP contribution < -0.4 is 4.74 Å². The molecule has 2 heterocycles. The molecule has 0 fully saturated rings. The molecule has 0 saturated heterocycles. The molecular weight excluding hydrogens is 446 g/mol. The molecule has 0 aromatic carbocycles. The molecule has 0 bridgehead atoms. The van der Waals surface area contributed by atoms with E-state index in [1.165, 1.54) is 69.5 Å². The zero-order valence-corrected chi connectivity index (χ0v) is 23.0. The molecule has 1 aliphatic rings. The predicted molar refractivity (Wildman–Crippen MR) is 141 cm³/mol. The molecule has 1 aromatic rings. The number of esters is 1. The lowest BCUT2D eigenvalue weighted by Gasteiger charge is -2.41. The van der Waals surface area contributed by atoms with E-state index in [-0.39, 0.29) is 12.2 Å². The minimum Gasteiger partial charge on any atom is -0.475 e. The maximum atomic E-state index is 12.5. The van der Waals surface area contributed by atoms with Crippen molar-refractivity contribution in [2.75, 3.05) is 26.7 Å². The molecular formula is C27H48N3O3S+. The highest BCUT2D eigenvalue weighted by molar-refractivity contribution is 6.99. The SMILES string of the molecule is CCCCCCCCCCC(=O)O[C@@H](C)[N+]1(C)CCC=C(c2nsnc2OCCCCCC)C1. The molecule has 1 aliphatic heterocycles. The molecule has 0 amide bonds. The van der Waals surface area contributed by atoms with E-state index in [4.69, 9.17) is 9.47 Å². The normalized spacial score (nSPS) is 19.0. The monoisotopic (exact) mass is 494 g/mol. The molecule has 0 saturated carbocycles. The molecule has 2 atom stereocenters. The molecule has 1 aromatic heterocycles. The third-order valence-electron chi connectivity index (χ3n) is 6.98. The summed E-state index contributed by atoms with van der Waals surface area (Å²) in [5, 5.41) is 0. The highest BCUT2D eigenvalue weighted by Gasteiger charge is 2.36. The Bertz CT molecular complexity index is 736.